The molecule has 0 spiro atoms. The largest absolute Gasteiger partial charge is 0.496 e. The van der Waals surface area contributed by atoms with Crippen molar-refractivity contribution in [2.75, 3.05) is 14.2 Å². The van der Waals surface area contributed by atoms with Gasteiger partial charge in [-0.3, -0.25) is 0 Å². The van der Waals surface area contributed by atoms with Gasteiger partial charge in [-0.2, -0.15) is 0 Å². The van der Waals surface area contributed by atoms with Crippen LogP contribution in [0, 0.1) is 0 Å². The molecule has 194 valence electrons. The van der Waals surface area contributed by atoms with Gasteiger partial charge in [-0.05, 0) is 75.3 Å². The lowest BCUT2D eigenvalue weighted by Gasteiger charge is -2.51. The molecule has 0 N–H and O–H groups in total. The summed E-state index contributed by atoms with van der Waals surface area (Å²) in [5.41, 5.74) is 6.94. The van der Waals surface area contributed by atoms with Crippen LogP contribution in [0.1, 0.15) is 123 Å². The number of ether oxygens (including phenoxy) is 2. The van der Waals surface area contributed by atoms with E-state index >= 15 is 0 Å². The molecule has 0 aromatic heterocycles. The number of hydrogen-bond donors (Lipinski definition) is 0. The Morgan fingerprint density at radius 3 is 1.54 bits per heavy atom. The molecule has 0 amide bonds. The summed E-state index contributed by atoms with van der Waals surface area (Å²) in [6.45, 7) is 23.9. The first kappa shape index (κ1) is 28.0. The minimum atomic E-state index is -0.535. The molecule has 35 heavy (non-hydrogen) atoms. The normalized spacial score (nSPS) is 17.9. The third kappa shape index (κ3) is 5.29. The molecular formula is C32H49O2P. The van der Waals surface area contributed by atoms with Crippen molar-refractivity contribution >= 4 is 13.2 Å². The predicted octanol–water partition coefficient (Wildman–Crippen LogP) is 9.59. The zero-order chi connectivity index (χ0) is 26.3. The van der Waals surface area contributed by atoms with E-state index in [4.69, 9.17) is 9.47 Å². The van der Waals surface area contributed by atoms with E-state index in [1.54, 1.807) is 0 Å². The molecule has 1 saturated heterocycles. The van der Waals surface area contributed by atoms with Crippen molar-refractivity contribution in [1.82, 2.24) is 0 Å². The molecule has 2 aromatic carbocycles. The van der Waals surface area contributed by atoms with Gasteiger partial charge < -0.3 is 9.47 Å². The lowest BCUT2D eigenvalue weighted by molar-refractivity contribution is 0.406. The zero-order valence-electron chi connectivity index (χ0n) is 24.4. The molecule has 0 radical (unpaired) electrons. The SMILES string of the molecule is COc1ccc(OC)c(P2C(C)(C)CCCC2(C)C)c1-c1c(C(C)C)cc(C(C)C)cc1C(C)C. The molecule has 1 aliphatic rings. The third-order valence-corrected chi connectivity index (χ3v) is 11.7. The van der Waals surface area contributed by atoms with Crippen LogP contribution in [-0.4, -0.2) is 24.5 Å². The van der Waals surface area contributed by atoms with E-state index in [9.17, 15) is 0 Å². The maximum atomic E-state index is 6.17. The van der Waals surface area contributed by atoms with Gasteiger partial charge in [0.15, 0.2) is 0 Å². The highest BCUT2D eigenvalue weighted by molar-refractivity contribution is 7.69. The fraction of sp³-hybridized carbons (Fsp3) is 0.625. The standard InChI is InChI=1S/C32H49O2P/c1-20(2)23-18-24(21(3)4)28(25(19-23)22(5)6)29-26(33-11)14-15-27(34-12)30(29)35-31(7,8)16-13-17-32(35,9)10/h14-15,18-22H,13,16-17H2,1-12H3. The van der Waals surface area contributed by atoms with E-state index in [0.29, 0.717) is 17.8 Å². The molecule has 0 atom stereocenters. The first-order valence-corrected chi connectivity index (χ1v) is 14.8. The molecule has 0 bridgehead atoms. The number of methoxy groups -OCH3 is 2. The molecule has 3 heteroatoms. The molecule has 2 nitrogen and oxygen atoms in total. The van der Waals surface area contributed by atoms with Crippen LogP contribution in [-0.2, 0) is 0 Å². The van der Waals surface area contributed by atoms with Crippen LogP contribution in [0.4, 0.5) is 0 Å². The van der Waals surface area contributed by atoms with Crippen LogP contribution in [0.3, 0.4) is 0 Å². The first-order valence-electron chi connectivity index (χ1n) is 13.5. The lowest BCUT2D eigenvalue weighted by atomic mass is 9.81. The Balaban J connectivity index is 2.56. The summed E-state index contributed by atoms with van der Waals surface area (Å²) in [6.07, 6.45) is 3.79. The molecule has 1 fully saturated rings. The topological polar surface area (TPSA) is 18.5 Å². The van der Waals surface area contributed by atoms with Crippen molar-refractivity contribution in [1.29, 1.82) is 0 Å². The Bertz CT molecular complexity index is 1000. The Labute approximate surface area is 217 Å². The lowest BCUT2D eigenvalue weighted by Crippen LogP contribution is -2.40. The van der Waals surface area contributed by atoms with Gasteiger partial charge in [-0.15, -0.1) is 0 Å². The quantitative estimate of drug-likeness (QED) is 0.355. The molecule has 2 aromatic rings. The minimum absolute atomic E-state index is 0.222. The van der Waals surface area contributed by atoms with Crippen LogP contribution >= 0.6 is 7.92 Å². The average molecular weight is 497 g/mol. The molecule has 1 heterocycles. The van der Waals surface area contributed by atoms with Gasteiger partial charge in [-0.25, -0.2) is 0 Å². The second-order valence-electron chi connectivity index (χ2n) is 12.5. The fourth-order valence-electron chi connectivity index (χ4n) is 6.20. The van der Waals surface area contributed by atoms with Crippen molar-refractivity contribution in [2.24, 2.45) is 0 Å². The summed E-state index contributed by atoms with van der Waals surface area (Å²) in [4.78, 5) is 0. The van der Waals surface area contributed by atoms with Crippen molar-refractivity contribution in [3.8, 4) is 22.6 Å². The summed E-state index contributed by atoms with van der Waals surface area (Å²) in [5.74, 6) is 3.30. The van der Waals surface area contributed by atoms with Crippen LogP contribution in [0.25, 0.3) is 11.1 Å². The van der Waals surface area contributed by atoms with Gasteiger partial charge in [0.2, 0.25) is 0 Å². The summed E-state index contributed by atoms with van der Waals surface area (Å²) in [7, 11) is 3.13. The van der Waals surface area contributed by atoms with Crippen LogP contribution in [0.15, 0.2) is 24.3 Å². The van der Waals surface area contributed by atoms with Gasteiger partial charge in [0.05, 0.1) is 14.2 Å². The van der Waals surface area contributed by atoms with E-state index in [0.717, 1.165) is 11.5 Å². The van der Waals surface area contributed by atoms with Crippen molar-refractivity contribution in [3.05, 3.63) is 41.0 Å². The highest BCUT2D eigenvalue weighted by atomic mass is 31.1. The highest BCUT2D eigenvalue weighted by Gasteiger charge is 2.47. The zero-order valence-corrected chi connectivity index (χ0v) is 25.3. The number of rotatable bonds is 7. The molecule has 0 saturated carbocycles. The van der Waals surface area contributed by atoms with E-state index < -0.39 is 7.92 Å². The van der Waals surface area contributed by atoms with Crippen molar-refractivity contribution < 1.29 is 9.47 Å². The molecule has 3 rings (SSSR count). The van der Waals surface area contributed by atoms with Crippen LogP contribution in [0.5, 0.6) is 11.5 Å². The monoisotopic (exact) mass is 496 g/mol. The van der Waals surface area contributed by atoms with Gasteiger partial charge in [0.25, 0.3) is 0 Å². The second-order valence-corrected chi connectivity index (χ2v) is 16.1. The van der Waals surface area contributed by atoms with Gasteiger partial charge in [0, 0.05) is 10.9 Å². The number of hydrogen-bond acceptors (Lipinski definition) is 2. The van der Waals surface area contributed by atoms with Gasteiger partial charge in [0.1, 0.15) is 11.5 Å². The Kier molecular flexibility index (Phi) is 8.38. The number of benzene rings is 2. The Hall–Kier alpha value is -1.53. The summed E-state index contributed by atoms with van der Waals surface area (Å²) in [6, 6.07) is 9.20. The van der Waals surface area contributed by atoms with E-state index in [1.165, 1.54) is 52.4 Å². The third-order valence-electron chi connectivity index (χ3n) is 7.94. The van der Waals surface area contributed by atoms with Crippen LogP contribution in [0.2, 0.25) is 0 Å². The predicted molar refractivity (Wildman–Crippen MR) is 156 cm³/mol. The maximum Gasteiger partial charge on any atom is 0.127 e. The van der Waals surface area contributed by atoms with Gasteiger partial charge in [-0.1, -0.05) is 95.7 Å². The Morgan fingerprint density at radius 2 is 1.14 bits per heavy atom. The summed E-state index contributed by atoms with van der Waals surface area (Å²) in [5, 5.41) is 1.84. The van der Waals surface area contributed by atoms with Crippen LogP contribution < -0.4 is 14.8 Å². The minimum Gasteiger partial charge on any atom is -0.496 e. The molecule has 0 aliphatic carbocycles. The smallest absolute Gasteiger partial charge is 0.127 e. The first-order chi connectivity index (χ1) is 16.3. The highest BCUT2D eigenvalue weighted by Crippen LogP contribution is 2.67. The van der Waals surface area contributed by atoms with E-state index in [-0.39, 0.29) is 10.3 Å². The second kappa shape index (κ2) is 10.5. The summed E-state index contributed by atoms with van der Waals surface area (Å²) >= 11 is 0. The summed E-state index contributed by atoms with van der Waals surface area (Å²) < 4.78 is 12.3. The molecular weight excluding hydrogens is 447 g/mol. The molecule has 1 aliphatic heterocycles. The van der Waals surface area contributed by atoms with Crippen molar-refractivity contribution in [3.63, 3.8) is 0 Å². The average Bonchev–Trinajstić information content (AvgIpc) is 2.76. The van der Waals surface area contributed by atoms with Crippen molar-refractivity contribution in [2.45, 2.75) is 117 Å². The maximum absolute atomic E-state index is 6.17. The van der Waals surface area contributed by atoms with E-state index in [1.807, 2.05) is 14.2 Å². The van der Waals surface area contributed by atoms with E-state index in [2.05, 4.69) is 93.5 Å². The van der Waals surface area contributed by atoms with Gasteiger partial charge >= 0.3 is 0 Å². The fourth-order valence-corrected chi connectivity index (χ4v) is 10.6. The Morgan fingerprint density at radius 1 is 0.686 bits per heavy atom. The molecule has 0 unspecified atom stereocenters.